The first-order valence-corrected chi connectivity index (χ1v) is 12.9. The summed E-state index contributed by atoms with van der Waals surface area (Å²) in [6, 6.07) is 16.7. The van der Waals surface area contributed by atoms with Crippen LogP contribution in [-0.4, -0.2) is 37.1 Å². The van der Waals surface area contributed by atoms with E-state index in [1.54, 1.807) is 48.5 Å². The second kappa shape index (κ2) is 9.95. The molecule has 1 fully saturated rings. The third-order valence-electron chi connectivity index (χ3n) is 5.49. The Morgan fingerprint density at radius 2 is 1.71 bits per heavy atom. The normalized spacial score (nSPS) is 16.5. The molecule has 1 aliphatic heterocycles. The fourth-order valence-electron chi connectivity index (χ4n) is 3.82. The molecule has 4 rings (SSSR count). The van der Waals surface area contributed by atoms with Crippen LogP contribution in [0.25, 0.3) is 0 Å². The van der Waals surface area contributed by atoms with Crippen LogP contribution in [0.15, 0.2) is 82.2 Å². The van der Waals surface area contributed by atoms with E-state index in [1.807, 2.05) is 0 Å². The Labute approximate surface area is 210 Å². The molecule has 1 unspecified atom stereocenters. The second-order valence-electron chi connectivity index (χ2n) is 7.71. The number of hydrogen-bond donors (Lipinski definition) is 0. The molecule has 1 aliphatic rings. The minimum absolute atomic E-state index is 0.0715. The predicted molar refractivity (Wildman–Crippen MR) is 130 cm³/mol. The van der Waals surface area contributed by atoms with Gasteiger partial charge in [0.1, 0.15) is 11.9 Å². The number of hydrogen-bond acceptors (Lipinski definition) is 4. The van der Waals surface area contributed by atoms with Gasteiger partial charge in [-0.3, -0.25) is 9.59 Å². The van der Waals surface area contributed by atoms with E-state index in [4.69, 9.17) is 11.6 Å². The van der Waals surface area contributed by atoms with Gasteiger partial charge >= 0.3 is 0 Å². The van der Waals surface area contributed by atoms with Crippen LogP contribution in [0.2, 0.25) is 5.02 Å². The monoisotopic (exact) mass is 564 g/mol. The van der Waals surface area contributed by atoms with Crippen LogP contribution in [0.5, 0.6) is 0 Å². The highest BCUT2D eigenvalue weighted by atomic mass is 79.9. The minimum Gasteiger partial charge on any atom is -0.274 e. The van der Waals surface area contributed by atoms with Crippen LogP contribution in [0, 0.1) is 5.82 Å². The molecule has 1 heterocycles. The zero-order valence-electron chi connectivity index (χ0n) is 17.7. The summed E-state index contributed by atoms with van der Waals surface area (Å²) in [6.45, 7) is -0.0715. The van der Waals surface area contributed by atoms with Gasteiger partial charge in [-0.1, -0.05) is 39.7 Å². The number of amides is 2. The Balaban J connectivity index is 1.69. The highest BCUT2D eigenvalue weighted by Crippen LogP contribution is 2.30. The van der Waals surface area contributed by atoms with E-state index in [0.717, 1.165) is 43.5 Å². The van der Waals surface area contributed by atoms with Crippen molar-refractivity contribution in [2.45, 2.75) is 23.8 Å². The minimum atomic E-state index is -4.22. The zero-order chi connectivity index (χ0) is 24.5. The molecule has 2 amide bonds. The number of rotatable bonds is 7. The third kappa shape index (κ3) is 5.07. The molecule has 10 heteroatoms. The molecular formula is C24H19BrClFN2O4S. The van der Waals surface area contributed by atoms with Gasteiger partial charge in [0.15, 0.2) is 0 Å². The third-order valence-corrected chi connectivity index (χ3v) is 8.17. The highest BCUT2D eigenvalue weighted by molar-refractivity contribution is 9.10. The maximum Gasteiger partial charge on any atom is 0.252 e. The maximum absolute atomic E-state index is 13.5. The standard InChI is InChI=1S/C24H19BrClFN2O4S/c25-17-4-8-20(9-5-17)29-23(30)15-22(24(29)31)28(13-12-16-2-1-3-18(26)14-16)34(32,33)21-10-6-19(27)7-11-21/h1-11,14,22H,12-13,15H2. The molecule has 0 aliphatic carbocycles. The number of carbonyl (C=O) groups is 2. The highest BCUT2D eigenvalue weighted by Gasteiger charge is 2.46. The summed E-state index contributed by atoms with van der Waals surface area (Å²) in [5.41, 5.74) is 1.13. The number of carbonyl (C=O) groups excluding carboxylic acids is 2. The van der Waals surface area contributed by atoms with Gasteiger partial charge in [-0.15, -0.1) is 0 Å². The van der Waals surface area contributed by atoms with Gasteiger partial charge in [0.25, 0.3) is 5.91 Å². The van der Waals surface area contributed by atoms with E-state index >= 15 is 0 Å². The lowest BCUT2D eigenvalue weighted by Gasteiger charge is -2.27. The molecule has 0 aromatic heterocycles. The predicted octanol–water partition coefficient (Wildman–Crippen LogP) is 4.81. The van der Waals surface area contributed by atoms with E-state index < -0.39 is 33.7 Å². The molecular weight excluding hydrogens is 547 g/mol. The van der Waals surface area contributed by atoms with E-state index in [0.29, 0.717) is 10.7 Å². The summed E-state index contributed by atoms with van der Waals surface area (Å²) in [7, 11) is -4.22. The van der Waals surface area contributed by atoms with Crippen LogP contribution in [0.4, 0.5) is 10.1 Å². The fraction of sp³-hybridized carbons (Fsp3) is 0.167. The second-order valence-corrected chi connectivity index (χ2v) is 11.0. The fourth-order valence-corrected chi connectivity index (χ4v) is 5.88. The van der Waals surface area contributed by atoms with E-state index in [-0.39, 0.29) is 24.3 Å². The largest absolute Gasteiger partial charge is 0.274 e. The first-order valence-electron chi connectivity index (χ1n) is 10.3. The first kappa shape index (κ1) is 24.5. The summed E-state index contributed by atoms with van der Waals surface area (Å²) < 4.78 is 42.3. The van der Waals surface area contributed by atoms with Crippen molar-refractivity contribution in [1.29, 1.82) is 0 Å². The van der Waals surface area contributed by atoms with Crippen molar-refractivity contribution in [2.24, 2.45) is 0 Å². The van der Waals surface area contributed by atoms with Crippen molar-refractivity contribution in [1.82, 2.24) is 4.31 Å². The molecule has 0 spiro atoms. The van der Waals surface area contributed by atoms with E-state index in [1.165, 1.54) is 0 Å². The van der Waals surface area contributed by atoms with Gasteiger partial charge < -0.3 is 0 Å². The van der Waals surface area contributed by atoms with Crippen molar-refractivity contribution >= 4 is 55.1 Å². The molecule has 0 radical (unpaired) electrons. The van der Waals surface area contributed by atoms with Crippen LogP contribution in [0.3, 0.4) is 0 Å². The average Bonchev–Trinajstić information content (AvgIpc) is 3.08. The van der Waals surface area contributed by atoms with Crippen LogP contribution < -0.4 is 4.90 Å². The quantitative estimate of drug-likeness (QED) is 0.386. The lowest BCUT2D eigenvalue weighted by atomic mass is 10.1. The number of benzene rings is 3. The Morgan fingerprint density at radius 1 is 1.03 bits per heavy atom. The molecule has 34 heavy (non-hydrogen) atoms. The molecule has 1 atom stereocenters. The van der Waals surface area contributed by atoms with Crippen LogP contribution in [-0.2, 0) is 26.0 Å². The van der Waals surface area contributed by atoms with Gasteiger partial charge in [0.05, 0.1) is 17.0 Å². The number of nitrogens with zero attached hydrogens (tertiary/aromatic N) is 2. The van der Waals surface area contributed by atoms with Crippen molar-refractivity contribution < 1.29 is 22.4 Å². The average molecular weight is 566 g/mol. The Morgan fingerprint density at radius 3 is 2.35 bits per heavy atom. The van der Waals surface area contributed by atoms with Crippen LogP contribution in [0.1, 0.15) is 12.0 Å². The van der Waals surface area contributed by atoms with Gasteiger partial charge in [-0.05, 0) is 72.6 Å². The van der Waals surface area contributed by atoms with E-state index in [2.05, 4.69) is 15.9 Å². The molecule has 0 N–H and O–H groups in total. The van der Waals surface area contributed by atoms with Crippen molar-refractivity contribution in [3.63, 3.8) is 0 Å². The lowest BCUT2D eigenvalue weighted by Crippen LogP contribution is -2.46. The Hall–Kier alpha value is -2.59. The summed E-state index contributed by atoms with van der Waals surface area (Å²) >= 11 is 9.36. The number of imide groups is 1. The summed E-state index contributed by atoms with van der Waals surface area (Å²) in [5, 5.41) is 0.499. The SMILES string of the molecule is O=C1CC(N(CCc2cccc(Cl)c2)S(=O)(=O)c2ccc(F)cc2)C(=O)N1c1ccc(Br)cc1. The summed E-state index contributed by atoms with van der Waals surface area (Å²) in [5.74, 6) is -1.72. The Bertz CT molecular complexity index is 1330. The topological polar surface area (TPSA) is 74.8 Å². The van der Waals surface area contributed by atoms with Gasteiger partial charge in [0, 0.05) is 16.0 Å². The van der Waals surface area contributed by atoms with Gasteiger partial charge in [0.2, 0.25) is 15.9 Å². The summed E-state index contributed by atoms with van der Waals surface area (Å²) in [4.78, 5) is 27.0. The summed E-state index contributed by atoms with van der Waals surface area (Å²) in [6.07, 6.45) is -0.0396. The molecule has 3 aromatic carbocycles. The van der Waals surface area contributed by atoms with Gasteiger partial charge in [-0.2, -0.15) is 4.31 Å². The van der Waals surface area contributed by atoms with Crippen molar-refractivity contribution in [3.05, 3.63) is 93.7 Å². The number of anilines is 1. The Kier molecular flexibility index (Phi) is 7.18. The van der Waals surface area contributed by atoms with Crippen molar-refractivity contribution in [2.75, 3.05) is 11.4 Å². The zero-order valence-corrected chi connectivity index (χ0v) is 20.9. The molecule has 176 valence electrons. The lowest BCUT2D eigenvalue weighted by molar-refractivity contribution is -0.122. The van der Waals surface area contributed by atoms with E-state index in [9.17, 15) is 22.4 Å². The molecule has 0 saturated carbocycles. The molecule has 6 nitrogen and oxygen atoms in total. The molecule has 1 saturated heterocycles. The first-order chi connectivity index (χ1) is 16.2. The molecule has 0 bridgehead atoms. The molecule has 3 aromatic rings. The number of sulfonamides is 1. The van der Waals surface area contributed by atoms with Gasteiger partial charge in [-0.25, -0.2) is 17.7 Å². The van der Waals surface area contributed by atoms with Crippen LogP contribution >= 0.6 is 27.5 Å². The van der Waals surface area contributed by atoms with Crippen molar-refractivity contribution in [3.8, 4) is 0 Å². The smallest absolute Gasteiger partial charge is 0.252 e. The maximum atomic E-state index is 13.5. The number of halogens is 3.